The standard InChI is InChI=1S/C22H23FN4O2/c1-14(2)12-24-21(28)16-8-10-17(11-9-16)26-22(29)18-13-25-27(15(18)3)20-7-5-4-6-19(20)23/h4-11,13-14H,12H2,1-3H3,(H,24,28)(H,26,29). The maximum Gasteiger partial charge on any atom is 0.259 e. The number of nitrogens with zero attached hydrogens (tertiary/aromatic N) is 2. The molecule has 0 aliphatic rings. The predicted molar refractivity (Wildman–Crippen MR) is 110 cm³/mol. The first-order valence-electron chi connectivity index (χ1n) is 9.36. The van der Waals surface area contributed by atoms with Gasteiger partial charge in [-0.3, -0.25) is 9.59 Å². The molecule has 1 heterocycles. The van der Waals surface area contributed by atoms with E-state index in [1.54, 1.807) is 49.4 Å². The van der Waals surface area contributed by atoms with Crippen molar-refractivity contribution in [2.24, 2.45) is 5.92 Å². The van der Waals surface area contributed by atoms with Gasteiger partial charge >= 0.3 is 0 Å². The minimum Gasteiger partial charge on any atom is -0.352 e. The lowest BCUT2D eigenvalue weighted by Crippen LogP contribution is -2.27. The molecule has 0 saturated carbocycles. The van der Waals surface area contributed by atoms with E-state index in [-0.39, 0.29) is 17.5 Å². The molecule has 6 nitrogen and oxygen atoms in total. The van der Waals surface area contributed by atoms with Crippen molar-refractivity contribution in [3.8, 4) is 5.69 Å². The summed E-state index contributed by atoms with van der Waals surface area (Å²) in [6, 6.07) is 12.9. The Kier molecular flexibility index (Phi) is 6.07. The van der Waals surface area contributed by atoms with Gasteiger partial charge in [0.25, 0.3) is 11.8 Å². The van der Waals surface area contributed by atoms with Crippen LogP contribution in [0.2, 0.25) is 0 Å². The molecule has 7 heteroatoms. The highest BCUT2D eigenvalue weighted by atomic mass is 19.1. The molecule has 1 aromatic heterocycles. The number of rotatable bonds is 6. The molecular weight excluding hydrogens is 371 g/mol. The molecule has 3 aromatic rings. The number of hydrogen-bond acceptors (Lipinski definition) is 3. The number of carbonyl (C=O) groups excluding carboxylic acids is 2. The molecule has 3 rings (SSSR count). The highest BCUT2D eigenvalue weighted by Gasteiger charge is 2.17. The van der Waals surface area contributed by atoms with Crippen molar-refractivity contribution in [3.63, 3.8) is 0 Å². The van der Waals surface area contributed by atoms with Crippen LogP contribution in [0, 0.1) is 18.7 Å². The van der Waals surface area contributed by atoms with Crippen LogP contribution < -0.4 is 10.6 Å². The van der Waals surface area contributed by atoms with Gasteiger partial charge in [0.15, 0.2) is 0 Å². The largest absolute Gasteiger partial charge is 0.352 e. The minimum atomic E-state index is -0.419. The van der Waals surface area contributed by atoms with E-state index in [4.69, 9.17) is 0 Å². The Labute approximate surface area is 168 Å². The molecule has 150 valence electrons. The first kappa shape index (κ1) is 20.3. The SMILES string of the molecule is Cc1c(C(=O)Nc2ccc(C(=O)NCC(C)C)cc2)cnn1-c1ccccc1F. The van der Waals surface area contributed by atoms with Crippen molar-refractivity contribution in [2.75, 3.05) is 11.9 Å². The van der Waals surface area contributed by atoms with Gasteiger partial charge in [0, 0.05) is 17.8 Å². The Balaban J connectivity index is 1.71. The Morgan fingerprint density at radius 1 is 1.07 bits per heavy atom. The van der Waals surface area contributed by atoms with Gasteiger partial charge in [-0.25, -0.2) is 9.07 Å². The first-order valence-corrected chi connectivity index (χ1v) is 9.36. The highest BCUT2D eigenvalue weighted by molar-refractivity contribution is 6.05. The van der Waals surface area contributed by atoms with Crippen LogP contribution in [0.5, 0.6) is 0 Å². The second kappa shape index (κ2) is 8.68. The zero-order valence-corrected chi connectivity index (χ0v) is 16.6. The Hall–Kier alpha value is -3.48. The number of nitrogens with one attached hydrogen (secondary N) is 2. The molecule has 0 radical (unpaired) electrons. The van der Waals surface area contributed by atoms with Gasteiger partial charge in [-0.15, -0.1) is 0 Å². The van der Waals surface area contributed by atoms with E-state index in [2.05, 4.69) is 15.7 Å². The molecule has 0 fully saturated rings. The summed E-state index contributed by atoms with van der Waals surface area (Å²) < 4.78 is 15.4. The number of amides is 2. The first-order chi connectivity index (χ1) is 13.9. The third kappa shape index (κ3) is 4.68. The number of carbonyl (C=O) groups is 2. The number of para-hydroxylation sites is 1. The molecule has 0 atom stereocenters. The molecule has 29 heavy (non-hydrogen) atoms. The normalized spacial score (nSPS) is 10.8. The van der Waals surface area contributed by atoms with Gasteiger partial charge in [-0.1, -0.05) is 26.0 Å². The number of benzene rings is 2. The molecule has 0 spiro atoms. The summed E-state index contributed by atoms with van der Waals surface area (Å²) in [6.45, 7) is 6.35. The van der Waals surface area contributed by atoms with E-state index in [9.17, 15) is 14.0 Å². The summed E-state index contributed by atoms with van der Waals surface area (Å²) in [5, 5.41) is 9.77. The van der Waals surface area contributed by atoms with Crippen LogP contribution in [0.1, 0.15) is 40.3 Å². The molecule has 0 bridgehead atoms. The van der Waals surface area contributed by atoms with Crippen molar-refractivity contribution < 1.29 is 14.0 Å². The summed E-state index contributed by atoms with van der Waals surface area (Å²) in [4.78, 5) is 24.7. The maximum atomic E-state index is 14.0. The van der Waals surface area contributed by atoms with Gasteiger partial charge in [0.2, 0.25) is 0 Å². The van der Waals surface area contributed by atoms with Crippen LogP contribution in [-0.2, 0) is 0 Å². The minimum absolute atomic E-state index is 0.154. The maximum absolute atomic E-state index is 14.0. The molecule has 2 N–H and O–H groups in total. The third-order valence-electron chi connectivity index (χ3n) is 4.41. The van der Waals surface area contributed by atoms with Gasteiger partial charge < -0.3 is 10.6 Å². The predicted octanol–water partition coefficient (Wildman–Crippen LogP) is 3.96. The third-order valence-corrected chi connectivity index (χ3v) is 4.41. The van der Waals surface area contributed by atoms with E-state index in [0.717, 1.165) is 0 Å². The fourth-order valence-corrected chi connectivity index (χ4v) is 2.80. The average molecular weight is 394 g/mol. The lowest BCUT2D eigenvalue weighted by molar-refractivity contribution is 0.0948. The lowest BCUT2D eigenvalue weighted by atomic mass is 10.1. The number of hydrogen-bond donors (Lipinski definition) is 2. The van der Waals surface area contributed by atoms with Gasteiger partial charge in [-0.2, -0.15) is 5.10 Å². The Morgan fingerprint density at radius 2 is 1.76 bits per heavy atom. The van der Waals surface area contributed by atoms with Crippen LogP contribution in [0.3, 0.4) is 0 Å². The monoisotopic (exact) mass is 394 g/mol. The lowest BCUT2D eigenvalue weighted by Gasteiger charge is -2.09. The summed E-state index contributed by atoms with van der Waals surface area (Å²) in [5.41, 5.74) is 2.21. The summed E-state index contributed by atoms with van der Waals surface area (Å²) >= 11 is 0. The van der Waals surface area contributed by atoms with E-state index >= 15 is 0 Å². The van der Waals surface area contributed by atoms with Crippen molar-refractivity contribution in [1.29, 1.82) is 0 Å². The van der Waals surface area contributed by atoms with Crippen LogP contribution in [0.25, 0.3) is 5.69 Å². The van der Waals surface area contributed by atoms with Gasteiger partial charge in [0.05, 0.1) is 17.5 Å². The molecule has 0 unspecified atom stereocenters. The number of aromatic nitrogens is 2. The van der Waals surface area contributed by atoms with Gasteiger partial charge in [-0.05, 0) is 49.2 Å². The molecule has 0 saturated heterocycles. The van der Waals surface area contributed by atoms with Gasteiger partial charge in [0.1, 0.15) is 11.5 Å². The van der Waals surface area contributed by atoms with Crippen molar-refractivity contribution in [2.45, 2.75) is 20.8 Å². The second-order valence-corrected chi connectivity index (χ2v) is 7.14. The average Bonchev–Trinajstić information content (AvgIpc) is 3.08. The Morgan fingerprint density at radius 3 is 2.41 bits per heavy atom. The van der Waals surface area contributed by atoms with Crippen molar-refractivity contribution in [1.82, 2.24) is 15.1 Å². The van der Waals surface area contributed by atoms with Crippen LogP contribution in [0.4, 0.5) is 10.1 Å². The zero-order valence-electron chi connectivity index (χ0n) is 16.6. The summed E-state index contributed by atoms with van der Waals surface area (Å²) in [5.74, 6) is -0.566. The highest BCUT2D eigenvalue weighted by Crippen LogP contribution is 2.18. The molecule has 0 aliphatic carbocycles. The number of halogens is 1. The molecule has 0 aliphatic heterocycles. The quantitative estimate of drug-likeness (QED) is 0.664. The summed E-state index contributed by atoms with van der Waals surface area (Å²) in [7, 11) is 0. The smallest absolute Gasteiger partial charge is 0.259 e. The number of anilines is 1. The van der Waals surface area contributed by atoms with Crippen LogP contribution in [-0.4, -0.2) is 28.1 Å². The van der Waals surface area contributed by atoms with E-state index in [1.807, 2.05) is 13.8 Å². The summed E-state index contributed by atoms with van der Waals surface area (Å²) in [6.07, 6.45) is 1.41. The molecule has 2 amide bonds. The fraction of sp³-hybridized carbons (Fsp3) is 0.227. The second-order valence-electron chi connectivity index (χ2n) is 7.14. The topological polar surface area (TPSA) is 76.0 Å². The Bertz CT molecular complexity index is 1030. The zero-order chi connectivity index (χ0) is 21.0. The molecule has 2 aromatic carbocycles. The van der Waals surface area contributed by atoms with Crippen molar-refractivity contribution >= 4 is 17.5 Å². The van der Waals surface area contributed by atoms with Crippen LogP contribution >= 0.6 is 0 Å². The fourth-order valence-electron chi connectivity index (χ4n) is 2.80. The molecular formula is C22H23FN4O2. The van der Waals surface area contributed by atoms with E-state index in [1.165, 1.54) is 16.9 Å². The van der Waals surface area contributed by atoms with Crippen LogP contribution in [0.15, 0.2) is 54.7 Å². The van der Waals surface area contributed by atoms with E-state index < -0.39 is 5.82 Å². The van der Waals surface area contributed by atoms with Crippen molar-refractivity contribution in [3.05, 3.63) is 77.4 Å². The van der Waals surface area contributed by atoms with E-state index in [0.29, 0.717) is 35.0 Å².